The molecule has 0 aliphatic carbocycles. The summed E-state index contributed by atoms with van der Waals surface area (Å²) in [7, 11) is 0. The first kappa shape index (κ1) is 28.2. The van der Waals surface area contributed by atoms with E-state index in [0.29, 0.717) is 59.2 Å². The lowest BCUT2D eigenvalue weighted by Crippen LogP contribution is -2.49. The van der Waals surface area contributed by atoms with Crippen LogP contribution >= 0.6 is 0 Å². The Hall–Kier alpha value is -2.85. The van der Waals surface area contributed by atoms with Crippen molar-refractivity contribution >= 4 is 12.0 Å². The molecule has 0 radical (unpaired) electrons. The molecular weight excluding hydrogens is 430 g/mol. The van der Waals surface area contributed by atoms with Crippen LogP contribution in [0.3, 0.4) is 0 Å². The highest BCUT2D eigenvalue weighted by atomic mass is 16.6. The van der Waals surface area contributed by atoms with Crippen LogP contribution in [0.2, 0.25) is 0 Å². The number of rotatable bonds is 16. The third kappa shape index (κ3) is 15.6. The second kappa shape index (κ2) is 16.7. The Morgan fingerprint density at radius 3 is 2.21 bits per heavy atom. The summed E-state index contributed by atoms with van der Waals surface area (Å²) in [6, 6.07) is 8.66. The van der Waals surface area contributed by atoms with Crippen LogP contribution in [-0.2, 0) is 30.2 Å². The number of azide groups is 1. The van der Waals surface area contributed by atoms with Crippen molar-refractivity contribution in [2.45, 2.75) is 38.8 Å². The van der Waals surface area contributed by atoms with Gasteiger partial charge in [0.15, 0.2) is 0 Å². The first-order chi connectivity index (χ1) is 15.8. The van der Waals surface area contributed by atoms with Gasteiger partial charge < -0.3 is 29.6 Å². The van der Waals surface area contributed by atoms with Crippen LogP contribution in [0.5, 0.6) is 0 Å². The lowest BCUT2D eigenvalue weighted by atomic mass is 10.1. The standard InChI is InChI=1S/C22H35N5O6/c1-22(2,3)33-21(29)26-19(17-18-7-5-4-6-8-18)20(28)24-9-11-30-13-15-32-16-14-31-12-10-25-27-23/h4-8,19H,9-17H2,1-3H3,(H,24,28)(H,26,29)/t19-/m0/s1. The number of carbonyl (C=O) groups excluding carboxylic acids is 2. The van der Waals surface area contributed by atoms with Crippen molar-refractivity contribution in [3.05, 3.63) is 46.3 Å². The molecule has 0 bridgehead atoms. The zero-order chi connectivity index (χ0) is 24.4. The van der Waals surface area contributed by atoms with Gasteiger partial charge in [0.25, 0.3) is 0 Å². The molecule has 1 rings (SSSR count). The molecule has 11 heteroatoms. The van der Waals surface area contributed by atoms with Crippen molar-refractivity contribution < 1.29 is 28.5 Å². The molecule has 1 aromatic rings. The summed E-state index contributed by atoms with van der Waals surface area (Å²) in [5.41, 5.74) is 8.40. The second-order valence-corrected chi connectivity index (χ2v) is 7.97. The molecule has 0 spiro atoms. The lowest BCUT2D eigenvalue weighted by Gasteiger charge is -2.23. The Morgan fingerprint density at radius 1 is 1.00 bits per heavy atom. The molecular formula is C22H35N5O6. The van der Waals surface area contributed by atoms with E-state index in [1.807, 2.05) is 30.3 Å². The van der Waals surface area contributed by atoms with Crippen LogP contribution in [0, 0.1) is 0 Å². The first-order valence-electron chi connectivity index (χ1n) is 10.9. The quantitative estimate of drug-likeness (QED) is 0.166. The van der Waals surface area contributed by atoms with Gasteiger partial charge in [0.05, 0.1) is 39.6 Å². The fourth-order valence-corrected chi connectivity index (χ4v) is 2.57. The summed E-state index contributed by atoms with van der Waals surface area (Å²) >= 11 is 0. The molecule has 11 nitrogen and oxygen atoms in total. The van der Waals surface area contributed by atoms with Crippen molar-refractivity contribution in [3.63, 3.8) is 0 Å². The number of ether oxygens (including phenoxy) is 4. The Labute approximate surface area is 194 Å². The van der Waals surface area contributed by atoms with Crippen molar-refractivity contribution in [1.82, 2.24) is 10.6 Å². The number of benzene rings is 1. The van der Waals surface area contributed by atoms with Gasteiger partial charge in [-0.15, -0.1) is 0 Å². The van der Waals surface area contributed by atoms with Crippen LogP contribution in [0.15, 0.2) is 35.4 Å². The summed E-state index contributed by atoms with van der Waals surface area (Å²) in [4.78, 5) is 27.5. The summed E-state index contributed by atoms with van der Waals surface area (Å²) in [5, 5.41) is 8.78. The van der Waals surface area contributed by atoms with E-state index in [9.17, 15) is 9.59 Å². The molecule has 0 saturated heterocycles. The van der Waals surface area contributed by atoms with Gasteiger partial charge in [0.2, 0.25) is 5.91 Å². The third-order valence-corrected chi connectivity index (χ3v) is 3.98. The molecule has 0 aromatic heterocycles. The molecule has 0 aliphatic rings. The van der Waals surface area contributed by atoms with E-state index >= 15 is 0 Å². The number of alkyl carbamates (subject to hydrolysis) is 1. The minimum Gasteiger partial charge on any atom is -0.444 e. The van der Waals surface area contributed by atoms with E-state index in [4.69, 9.17) is 24.5 Å². The number of carbonyl (C=O) groups is 2. The molecule has 0 unspecified atom stereocenters. The van der Waals surface area contributed by atoms with Crippen LogP contribution < -0.4 is 10.6 Å². The number of hydrogen-bond acceptors (Lipinski definition) is 7. The molecule has 0 fully saturated rings. The van der Waals surface area contributed by atoms with Crippen molar-refractivity contribution in [2.24, 2.45) is 5.11 Å². The monoisotopic (exact) mass is 465 g/mol. The number of amides is 2. The van der Waals surface area contributed by atoms with Crippen LogP contribution in [0.25, 0.3) is 10.4 Å². The van der Waals surface area contributed by atoms with Gasteiger partial charge in [0.1, 0.15) is 11.6 Å². The Balaban J connectivity index is 2.27. The molecule has 2 amide bonds. The topological polar surface area (TPSA) is 144 Å². The highest BCUT2D eigenvalue weighted by Crippen LogP contribution is 2.08. The third-order valence-electron chi connectivity index (χ3n) is 3.98. The first-order valence-corrected chi connectivity index (χ1v) is 10.9. The minimum absolute atomic E-state index is 0.294. The predicted octanol–water partition coefficient (Wildman–Crippen LogP) is 2.60. The van der Waals surface area contributed by atoms with Gasteiger partial charge in [-0.25, -0.2) is 4.79 Å². The number of hydrogen-bond donors (Lipinski definition) is 2. The van der Waals surface area contributed by atoms with E-state index in [2.05, 4.69) is 20.7 Å². The molecule has 1 atom stereocenters. The Bertz CT molecular complexity index is 735. The Morgan fingerprint density at radius 2 is 1.61 bits per heavy atom. The zero-order valence-electron chi connectivity index (χ0n) is 19.6. The summed E-state index contributed by atoms with van der Waals surface area (Å²) in [5.74, 6) is -0.317. The molecule has 0 aliphatic heterocycles. The molecule has 0 saturated carbocycles. The SMILES string of the molecule is CC(C)(C)OC(=O)N[C@@H](Cc1ccccc1)C(=O)NCCOCCOCCOCCN=[N+]=[N-]. The zero-order valence-corrected chi connectivity index (χ0v) is 19.6. The summed E-state index contributed by atoms with van der Waals surface area (Å²) in [6.07, 6.45) is -0.306. The van der Waals surface area contributed by atoms with Gasteiger partial charge in [-0.05, 0) is 31.9 Å². The van der Waals surface area contributed by atoms with Gasteiger partial charge in [0, 0.05) is 24.4 Å². The largest absolute Gasteiger partial charge is 0.444 e. The molecule has 2 N–H and O–H groups in total. The van der Waals surface area contributed by atoms with E-state index < -0.39 is 17.7 Å². The average Bonchev–Trinajstić information content (AvgIpc) is 2.75. The highest BCUT2D eigenvalue weighted by Gasteiger charge is 2.24. The van der Waals surface area contributed by atoms with Crippen molar-refractivity contribution in [3.8, 4) is 0 Å². The number of nitrogens with zero attached hydrogens (tertiary/aromatic N) is 3. The maximum absolute atomic E-state index is 12.6. The lowest BCUT2D eigenvalue weighted by molar-refractivity contribution is -0.123. The molecule has 33 heavy (non-hydrogen) atoms. The van der Waals surface area contributed by atoms with E-state index in [1.54, 1.807) is 20.8 Å². The molecule has 1 aromatic carbocycles. The summed E-state index contributed by atoms with van der Waals surface area (Å²) in [6.45, 7) is 8.13. The van der Waals surface area contributed by atoms with Crippen molar-refractivity contribution in [1.29, 1.82) is 0 Å². The predicted molar refractivity (Wildman–Crippen MR) is 123 cm³/mol. The van der Waals surface area contributed by atoms with Gasteiger partial charge >= 0.3 is 6.09 Å². The van der Waals surface area contributed by atoms with Gasteiger partial charge in [-0.3, -0.25) is 4.79 Å². The highest BCUT2D eigenvalue weighted by molar-refractivity contribution is 5.86. The molecule has 184 valence electrons. The van der Waals surface area contributed by atoms with Crippen LogP contribution in [0.4, 0.5) is 4.79 Å². The fourth-order valence-electron chi connectivity index (χ4n) is 2.57. The summed E-state index contributed by atoms with van der Waals surface area (Å²) < 4.78 is 21.3. The van der Waals surface area contributed by atoms with Crippen LogP contribution in [-0.4, -0.2) is 76.4 Å². The normalized spacial score (nSPS) is 11.8. The van der Waals surface area contributed by atoms with Gasteiger partial charge in [-0.1, -0.05) is 35.4 Å². The van der Waals surface area contributed by atoms with Crippen molar-refractivity contribution in [2.75, 3.05) is 52.7 Å². The van der Waals surface area contributed by atoms with E-state index in [0.717, 1.165) is 5.56 Å². The van der Waals surface area contributed by atoms with Crippen LogP contribution in [0.1, 0.15) is 26.3 Å². The average molecular weight is 466 g/mol. The maximum Gasteiger partial charge on any atom is 0.408 e. The Kier molecular flexibility index (Phi) is 14.3. The van der Waals surface area contributed by atoms with E-state index in [1.165, 1.54) is 0 Å². The minimum atomic E-state index is -0.774. The number of nitrogens with one attached hydrogen (secondary N) is 2. The maximum atomic E-state index is 12.6. The van der Waals surface area contributed by atoms with Gasteiger partial charge in [-0.2, -0.15) is 0 Å². The second-order valence-electron chi connectivity index (χ2n) is 7.97. The molecule has 0 heterocycles. The fraction of sp³-hybridized carbons (Fsp3) is 0.636. The van der Waals surface area contributed by atoms with E-state index in [-0.39, 0.29) is 5.91 Å². The smallest absolute Gasteiger partial charge is 0.408 e.